The number of anilines is 2. The molecule has 4 rings (SSSR count). The van der Waals surface area contributed by atoms with Gasteiger partial charge >= 0.3 is 0 Å². The standard InChI is InChI=1S/C23H26ClN5O3S/c1-28(8-9-32-2)6-3-4-20(31)29-7-5-18-19(13-29)33-23-21(18)22(25-14-26-23)27-16-10-15(24)11-17(30)12-16/h3-4,10-12,14,30H,5-9,13H2,1-2H3,(H,25,26,27). The number of methoxy groups -OCH3 is 1. The minimum Gasteiger partial charge on any atom is -0.508 e. The molecule has 33 heavy (non-hydrogen) atoms. The zero-order chi connectivity index (χ0) is 23.4. The number of phenolic OH excluding ortho intramolecular Hbond substituents is 1. The summed E-state index contributed by atoms with van der Waals surface area (Å²) in [7, 11) is 3.67. The normalized spacial score (nSPS) is 13.8. The van der Waals surface area contributed by atoms with Crippen molar-refractivity contribution in [2.75, 3.05) is 45.7 Å². The summed E-state index contributed by atoms with van der Waals surface area (Å²) in [5.41, 5.74) is 1.81. The number of nitrogens with zero attached hydrogens (tertiary/aromatic N) is 4. The maximum absolute atomic E-state index is 12.7. The second-order valence-corrected chi connectivity index (χ2v) is 9.42. The van der Waals surface area contributed by atoms with Crippen molar-refractivity contribution in [2.24, 2.45) is 0 Å². The Bertz CT molecular complexity index is 1160. The zero-order valence-corrected chi connectivity index (χ0v) is 20.1. The van der Waals surface area contributed by atoms with E-state index in [-0.39, 0.29) is 11.7 Å². The SMILES string of the molecule is COCCN(C)CC=CC(=O)N1CCc2c(sc3ncnc(Nc4cc(O)cc(Cl)c4)c23)C1. The summed E-state index contributed by atoms with van der Waals surface area (Å²) in [6, 6.07) is 4.80. The lowest BCUT2D eigenvalue weighted by atomic mass is 10.0. The van der Waals surface area contributed by atoms with Crippen LogP contribution in [0.1, 0.15) is 10.4 Å². The van der Waals surface area contributed by atoms with Crippen molar-refractivity contribution in [1.29, 1.82) is 0 Å². The molecular weight excluding hydrogens is 462 g/mol. The van der Waals surface area contributed by atoms with Crippen molar-refractivity contribution in [3.05, 3.63) is 52.1 Å². The van der Waals surface area contributed by atoms with E-state index in [9.17, 15) is 9.90 Å². The Labute approximate surface area is 201 Å². The van der Waals surface area contributed by atoms with Crippen LogP contribution in [0, 0.1) is 0 Å². The average Bonchev–Trinajstić information content (AvgIpc) is 3.15. The van der Waals surface area contributed by atoms with Gasteiger partial charge in [0.15, 0.2) is 0 Å². The third kappa shape index (κ3) is 5.62. The van der Waals surface area contributed by atoms with Crippen LogP contribution in [-0.2, 0) is 22.5 Å². The van der Waals surface area contributed by atoms with E-state index < -0.39 is 0 Å². The van der Waals surface area contributed by atoms with Crippen molar-refractivity contribution < 1.29 is 14.6 Å². The Hall–Kier alpha value is -2.72. The predicted molar refractivity (Wildman–Crippen MR) is 131 cm³/mol. The summed E-state index contributed by atoms with van der Waals surface area (Å²) in [6.45, 7) is 3.36. The minimum absolute atomic E-state index is 0.0112. The summed E-state index contributed by atoms with van der Waals surface area (Å²) >= 11 is 7.65. The van der Waals surface area contributed by atoms with E-state index in [0.29, 0.717) is 42.8 Å². The lowest BCUT2D eigenvalue weighted by molar-refractivity contribution is -0.126. The highest BCUT2D eigenvalue weighted by Crippen LogP contribution is 2.38. The molecule has 8 nitrogen and oxygen atoms in total. The van der Waals surface area contributed by atoms with Gasteiger partial charge in [-0.15, -0.1) is 11.3 Å². The molecule has 0 saturated heterocycles. The first-order valence-electron chi connectivity index (χ1n) is 10.6. The molecule has 1 aliphatic heterocycles. The monoisotopic (exact) mass is 487 g/mol. The Morgan fingerprint density at radius 3 is 3.03 bits per heavy atom. The lowest BCUT2D eigenvalue weighted by Crippen LogP contribution is -2.34. The number of ether oxygens (including phenoxy) is 1. The predicted octanol–water partition coefficient (Wildman–Crippen LogP) is 3.81. The number of carbonyl (C=O) groups excluding carboxylic acids is 1. The van der Waals surface area contributed by atoms with Crippen LogP contribution in [0.25, 0.3) is 10.2 Å². The smallest absolute Gasteiger partial charge is 0.246 e. The van der Waals surface area contributed by atoms with Gasteiger partial charge in [-0.3, -0.25) is 4.79 Å². The molecular formula is C23H26ClN5O3S. The van der Waals surface area contributed by atoms with Gasteiger partial charge in [0.2, 0.25) is 5.91 Å². The number of phenols is 1. The van der Waals surface area contributed by atoms with Gasteiger partial charge in [-0.25, -0.2) is 9.97 Å². The Balaban J connectivity index is 1.49. The number of thiophene rings is 1. The third-order valence-corrected chi connectivity index (χ3v) is 6.79. The molecule has 174 valence electrons. The largest absolute Gasteiger partial charge is 0.508 e. The van der Waals surface area contributed by atoms with Gasteiger partial charge in [0.1, 0.15) is 22.7 Å². The van der Waals surface area contributed by atoms with Crippen LogP contribution in [0.3, 0.4) is 0 Å². The Kier molecular flexibility index (Phi) is 7.44. The topological polar surface area (TPSA) is 90.8 Å². The van der Waals surface area contributed by atoms with Crippen LogP contribution >= 0.6 is 22.9 Å². The van der Waals surface area contributed by atoms with Crippen LogP contribution in [0.15, 0.2) is 36.7 Å². The van der Waals surface area contributed by atoms with Crippen LogP contribution in [0.5, 0.6) is 5.75 Å². The van der Waals surface area contributed by atoms with Crippen molar-refractivity contribution in [1.82, 2.24) is 19.8 Å². The number of benzene rings is 1. The highest BCUT2D eigenvalue weighted by atomic mass is 35.5. The van der Waals surface area contributed by atoms with Crippen molar-refractivity contribution >= 4 is 50.6 Å². The number of fused-ring (bicyclic) bond motifs is 3. The number of likely N-dealkylation sites (N-methyl/N-ethyl adjacent to an activating group) is 1. The minimum atomic E-state index is 0.0112. The van der Waals surface area contributed by atoms with E-state index in [1.807, 2.05) is 18.0 Å². The van der Waals surface area contributed by atoms with Gasteiger partial charge in [0.25, 0.3) is 0 Å². The summed E-state index contributed by atoms with van der Waals surface area (Å²) in [6.07, 6.45) is 5.79. The van der Waals surface area contributed by atoms with Crippen molar-refractivity contribution in [3.8, 4) is 5.75 Å². The number of hydrogen-bond acceptors (Lipinski definition) is 8. The first-order chi connectivity index (χ1) is 15.9. The fraction of sp³-hybridized carbons (Fsp3) is 0.348. The molecule has 1 amide bonds. The first-order valence-corrected chi connectivity index (χ1v) is 11.8. The molecule has 0 bridgehead atoms. The number of nitrogens with one attached hydrogen (secondary N) is 1. The molecule has 2 aromatic heterocycles. The molecule has 0 saturated carbocycles. The summed E-state index contributed by atoms with van der Waals surface area (Å²) in [5.74, 6) is 0.754. The highest BCUT2D eigenvalue weighted by Gasteiger charge is 2.25. The van der Waals surface area contributed by atoms with Crippen molar-refractivity contribution in [2.45, 2.75) is 13.0 Å². The third-order valence-electron chi connectivity index (χ3n) is 5.45. The second-order valence-electron chi connectivity index (χ2n) is 7.90. The molecule has 1 aliphatic rings. The van der Waals surface area contributed by atoms with Gasteiger partial charge in [0.05, 0.1) is 18.5 Å². The summed E-state index contributed by atoms with van der Waals surface area (Å²) < 4.78 is 5.07. The van der Waals surface area contributed by atoms with Crippen LogP contribution in [0.2, 0.25) is 5.02 Å². The number of hydrogen-bond donors (Lipinski definition) is 2. The molecule has 0 aliphatic carbocycles. The van der Waals surface area contributed by atoms with E-state index >= 15 is 0 Å². The molecule has 2 N–H and O–H groups in total. The molecule has 10 heteroatoms. The maximum atomic E-state index is 12.7. The van der Waals surface area contributed by atoms with Gasteiger partial charge in [-0.1, -0.05) is 17.7 Å². The quantitative estimate of drug-likeness (QED) is 0.467. The number of carbonyl (C=O) groups is 1. The zero-order valence-electron chi connectivity index (χ0n) is 18.5. The van der Waals surface area contributed by atoms with E-state index in [1.54, 1.807) is 36.7 Å². The second kappa shape index (κ2) is 10.5. The van der Waals surface area contributed by atoms with E-state index in [0.717, 1.165) is 33.6 Å². The fourth-order valence-corrected chi connectivity index (χ4v) is 5.20. The van der Waals surface area contributed by atoms with Crippen LogP contribution in [-0.4, -0.2) is 71.2 Å². The van der Waals surface area contributed by atoms with Gasteiger partial charge < -0.3 is 25.0 Å². The van der Waals surface area contributed by atoms with E-state index in [1.165, 1.54) is 12.4 Å². The fourth-order valence-electron chi connectivity index (χ4n) is 3.77. The first kappa shape index (κ1) is 23.4. The van der Waals surface area contributed by atoms with Gasteiger partial charge in [0, 0.05) is 54.5 Å². The number of amides is 1. The van der Waals surface area contributed by atoms with Crippen molar-refractivity contribution in [3.63, 3.8) is 0 Å². The number of aromatic nitrogens is 2. The lowest BCUT2D eigenvalue weighted by Gasteiger charge is -2.26. The molecule has 3 aromatic rings. The molecule has 0 radical (unpaired) electrons. The van der Waals surface area contributed by atoms with Gasteiger partial charge in [-0.2, -0.15) is 0 Å². The van der Waals surface area contributed by atoms with E-state index in [4.69, 9.17) is 16.3 Å². The van der Waals surface area contributed by atoms with E-state index in [2.05, 4.69) is 20.2 Å². The number of halogens is 1. The van der Waals surface area contributed by atoms with Crippen LogP contribution in [0.4, 0.5) is 11.5 Å². The molecule has 0 spiro atoms. The molecule has 0 atom stereocenters. The average molecular weight is 488 g/mol. The number of rotatable bonds is 8. The summed E-state index contributed by atoms with van der Waals surface area (Å²) in [4.78, 5) is 27.5. The van der Waals surface area contributed by atoms with Gasteiger partial charge in [-0.05, 0) is 31.2 Å². The highest BCUT2D eigenvalue weighted by molar-refractivity contribution is 7.19. The molecule has 1 aromatic carbocycles. The van der Waals surface area contributed by atoms with Crippen LogP contribution < -0.4 is 5.32 Å². The molecule has 0 unspecified atom stereocenters. The Morgan fingerprint density at radius 1 is 1.39 bits per heavy atom. The Morgan fingerprint density at radius 2 is 2.24 bits per heavy atom. The molecule has 0 fully saturated rings. The summed E-state index contributed by atoms with van der Waals surface area (Å²) in [5, 5.41) is 14.5. The molecule has 3 heterocycles. The maximum Gasteiger partial charge on any atom is 0.246 e. The number of aromatic hydroxyl groups is 1.